The Morgan fingerprint density at radius 3 is 2.82 bits per heavy atom. The lowest BCUT2D eigenvalue weighted by Gasteiger charge is -2.34. The number of nitrogens with one attached hydrogen (secondary N) is 1. The molecule has 6 heteroatoms. The highest BCUT2D eigenvalue weighted by atomic mass is 35.5. The van der Waals surface area contributed by atoms with Crippen molar-refractivity contribution in [2.24, 2.45) is 5.92 Å². The molecular weight excluding hydrogens is 374 g/mol. The Labute approximate surface area is 172 Å². The van der Waals surface area contributed by atoms with E-state index >= 15 is 0 Å². The van der Waals surface area contributed by atoms with Crippen molar-refractivity contribution in [1.82, 2.24) is 14.8 Å². The van der Waals surface area contributed by atoms with E-state index in [1.807, 2.05) is 17.0 Å². The third kappa shape index (κ3) is 3.29. The standard InChI is InChI=1S/C22H29N3O2.ClH/c1-15-12-24(11-10-23-15)22(26)18-13-25-19(16-6-3-2-4-7-16)14-27-20-9-5-8-17(18)21(20)25;/h5,8-9,13,15-16,19,23H,2-4,6-7,10-12,14H2,1H3;1H/t15-,19-;/m0./s1. The second-order valence-corrected chi connectivity index (χ2v) is 8.49. The van der Waals surface area contributed by atoms with Crippen LogP contribution in [0.25, 0.3) is 10.9 Å². The SMILES string of the molecule is C[C@H]1CN(C(=O)c2cn3c4c(cccc24)OC[C@H]3C2CCCCC2)CCN1.Cl. The highest BCUT2D eigenvalue weighted by Crippen LogP contribution is 2.42. The minimum atomic E-state index is 0. The van der Waals surface area contributed by atoms with Gasteiger partial charge in [-0.15, -0.1) is 12.4 Å². The van der Waals surface area contributed by atoms with Gasteiger partial charge in [0.2, 0.25) is 0 Å². The number of aromatic nitrogens is 1. The summed E-state index contributed by atoms with van der Waals surface area (Å²) in [5.74, 6) is 1.74. The van der Waals surface area contributed by atoms with Crippen molar-refractivity contribution in [3.05, 3.63) is 30.0 Å². The predicted molar refractivity (Wildman–Crippen MR) is 114 cm³/mol. The monoisotopic (exact) mass is 403 g/mol. The lowest BCUT2D eigenvalue weighted by molar-refractivity contribution is 0.0710. The summed E-state index contributed by atoms with van der Waals surface area (Å²) in [6.07, 6.45) is 8.66. The van der Waals surface area contributed by atoms with Crippen molar-refractivity contribution in [3.63, 3.8) is 0 Å². The van der Waals surface area contributed by atoms with Crippen LogP contribution in [-0.2, 0) is 0 Å². The molecule has 0 unspecified atom stereocenters. The van der Waals surface area contributed by atoms with Gasteiger partial charge in [-0.3, -0.25) is 4.79 Å². The number of benzene rings is 1. The zero-order chi connectivity index (χ0) is 18.4. The zero-order valence-electron chi connectivity index (χ0n) is 16.5. The maximum atomic E-state index is 13.3. The highest BCUT2D eigenvalue weighted by Gasteiger charge is 2.33. The van der Waals surface area contributed by atoms with Crippen LogP contribution in [0.5, 0.6) is 5.75 Å². The van der Waals surface area contributed by atoms with Crippen LogP contribution >= 0.6 is 12.4 Å². The van der Waals surface area contributed by atoms with E-state index in [-0.39, 0.29) is 18.3 Å². The molecule has 152 valence electrons. The summed E-state index contributed by atoms with van der Waals surface area (Å²) in [6, 6.07) is 6.84. The molecule has 0 radical (unpaired) electrons. The maximum absolute atomic E-state index is 13.3. The normalized spacial score (nSPS) is 25.2. The van der Waals surface area contributed by atoms with Crippen LogP contribution in [0, 0.1) is 5.92 Å². The van der Waals surface area contributed by atoms with Gasteiger partial charge in [-0.2, -0.15) is 0 Å². The van der Waals surface area contributed by atoms with E-state index in [4.69, 9.17) is 4.74 Å². The summed E-state index contributed by atoms with van der Waals surface area (Å²) < 4.78 is 8.54. The van der Waals surface area contributed by atoms with Gasteiger partial charge in [0.25, 0.3) is 5.91 Å². The predicted octanol–water partition coefficient (Wildman–Crippen LogP) is 4.01. The number of amides is 1. The molecule has 0 spiro atoms. The van der Waals surface area contributed by atoms with Crippen molar-refractivity contribution >= 4 is 29.2 Å². The van der Waals surface area contributed by atoms with E-state index in [2.05, 4.69) is 29.1 Å². The third-order valence-corrected chi connectivity index (χ3v) is 6.66. The van der Waals surface area contributed by atoms with Gasteiger partial charge in [0.1, 0.15) is 12.4 Å². The first-order valence-electron chi connectivity index (χ1n) is 10.5. The molecule has 3 heterocycles. The molecule has 1 aromatic heterocycles. The largest absolute Gasteiger partial charge is 0.489 e. The van der Waals surface area contributed by atoms with Crippen molar-refractivity contribution in [2.75, 3.05) is 26.2 Å². The molecule has 1 saturated carbocycles. The fourth-order valence-corrected chi connectivity index (χ4v) is 5.25. The minimum absolute atomic E-state index is 0. The molecule has 2 fully saturated rings. The maximum Gasteiger partial charge on any atom is 0.256 e. The third-order valence-electron chi connectivity index (χ3n) is 6.66. The number of nitrogens with zero attached hydrogens (tertiary/aromatic N) is 2. The van der Waals surface area contributed by atoms with Gasteiger partial charge in [-0.05, 0) is 31.7 Å². The first kappa shape index (κ1) is 19.6. The van der Waals surface area contributed by atoms with Gasteiger partial charge in [-0.25, -0.2) is 0 Å². The molecule has 5 rings (SSSR count). The molecule has 2 atom stereocenters. The van der Waals surface area contributed by atoms with E-state index < -0.39 is 0 Å². The lowest BCUT2D eigenvalue weighted by Crippen LogP contribution is -2.51. The van der Waals surface area contributed by atoms with Crippen LogP contribution in [0.15, 0.2) is 24.4 Å². The number of ether oxygens (including phenoxy) is 1. The first-order chi connectivity index (χ1) is 13.2. The molecule has 0 bridgehead atoms. The minimum Gasteiger partial charge on any atom is -0.489 e. The number of para-hydroxylation sites is 1. The quantitative estimate of drug-likeness (QED) is 0.824. The molecule has 3 aliphatic rings. The van der Waals surface area contributed by atoms with Crippen LogP contribution in [0.2, 0.25) is 0 Å². The second-order valence-electron chi connectivity index (χ2n) is 8.49. The van der Waals surface area contributed by atoms with Crippen LogP contribution in [0.4, 0.5) is 0 Å². The molecule has 2 aliphatic heterocycles. The average Bonchev–Trinajstić information content (AvgIpc) is 3.10. The van der Waals surface area contributed by atoms with Crippen LogP contribution in [0.1, 0.15) is 55.4 Å². The Kier molecular flexibility index (Phi) is 5.57. The Hall–Kier alpha value is -1.72. The number of rotatable bonds is 2. The molecule has 5 nitrogen and oxygen atoms in total. The van der Waals surface area contributed by atoms with E-state index in [0.717, 1.165) is 48.5 Å². The summed E-state index contributed by atoms with van der Waals surface area (Å²) in [5.41, 5.74) is 1.96. The Bertz CT molecular complexity index is 859. The molecular formula is C22H30ClN3O2. The number of halogens is 1. The summed E-state index contributed by atoms with van der Waals surface area (Å²) in [6.45, 7) is 5.28. The second kappa shape index (κ2) is 7.96. The number of hydrogen-bond acceptors (Lipinski definition) is 3. The molecule has 1 N–H and O–H groups in total. The van der Waals surface area contributed by atoms with Gasteiger partial charge in [0.15, 0.2) is 0 Å². The van der Waals surface area contributed by atoms with E-state index in [9.17, 15) is 4.79 Å². The molecule has 1 aliphatic carbocycles. The molecule has 28 heavy (non-hydrogen) atoms. The molecule has 1 amide bonds. The van der Waals surface area contributed by atoms with Crippen LogP contribution < -0.4 is 10.1 Å². The summed E-state index contributed by atoms with van der Waals surface area (Å²) in [4.78, 5) is 15.3. The van der Waals surface area contributed by atoms with Gasteiger partial charge < -0.3 is 19.5 Å². The molecule has 2 aromatic rings. The Morgan fingerprint density at radius 1 is 1.21 bits per heavy atom. The summed E-state index contributed by atoms with van der Waals surface area (Å²) in [7, 11) is 0. The van der Waals surface area contributed by atoms with Gasteiger partial charge in [-0.1, -0.05) is 31.4 Å². The smallest absolute Gasteiger partial charge is 0.256 e. The fraction of sp³-hybridized carbons (Fsp3) is 0.591. The summed E-state index contributed by atoms with van der Waals surface area (Å²) >= 11 is 0. The van der Waals surface area contributed by atoms with Crippen molar-refractivity contribution in [1.29, 1.82) is 0 Å². The van der Waals surface area contributed by atoms with Crippen molar-refractivity contribution < 1.29 is 9.53 Å². The van der Waals surface area contributed by atoms with E-state index in [1.54, 1.807) is 0 Å². The fourth-order valence-electron chi connectivity index (χ4n) is 5.25. The zero-order valence-corrected chi connectivity index (χ0v) is 17.3. The topological polar surface area (TPSA) is 46.5 Å². The molecule has 1 saturated heterocycles. The first-order valence-corrected chi connectivity index (χ1v) is 10.5. The molecule has 1 aromatic carbocycles. The Morgan fingerprint density at radius 2 is 2.04 bits per heavy atom. The van der Waals surface area contributed by atoms with Crippen molar-refractivity contribution in [2.45, 2.75) is 51.1 Å². The van der Waals surface area contributed by atoms with Gasteiger partial charge in [0.05, 0.1) is 17.1 Å². The van der Waals surface area contributed by atoms with Gasteiger partial charge in [0, 0.05) is 37.3 Å². The van der Waals surface area contributed by atoms with E-state index in [0.29, 0.717) is 18.0 Å². The number of hydrogen-bond donors (Lipinski definition) is 1. The average molecular weight is 404 g/mol. The lowest BCUT2D eigenvalue weighted by atomic mass is 9.83. The number of piperazine rings is 1. The van der Waals surface area contributed by atoms with Gasteiger partial charge >= 0.3 is 0 Å². The number of carbonyl (C=O) groups excluding carboxylic acids is 1. The van der Waals surface area contributed by atoms with E-state index in [1.165, 1.54) is 32.1 Å². The summed E-state index contributed by atoms with van der Waals surface area (Å²) in [5, 5.41) is 4.47. The van der Waals surface area contributed by atoms with Crippen molar-refractivity contribution in [3.8, 4) is 5.75 Å². The Balaban J connectivity index is 0.00000192. The van der Waals surface area contributed by atoms with Crippen LogP contribution in [0.3, 0.4) is 0 Å². The highest BCUT2D eigenvalue weighted by molar-refractivity contribution is 6.08. The number of carbonyl (C=O) groups is 1. The van der Waals surface area contributed by atoms with Crippen LogP contribution in [-0.4, -0.2) is 47.7 Å².